The Morgan fingerprint density at radius 1 is 1.34 bits per heavy atom. The van der Waals surface area contributed by atoms with Crippen molar-refractivity contribution >= 4 is 12.1 Å². The predicted octanol–water partition coefficient (Wildman–Crippen LogP) is 1.67. The van der Waals surface area contributed by atoms with Crippen LogP contribution in [0.2, 0.25) is 0 Å². The van der Waals surface area contributed by atoms with Gasteiger partial charge in [-0.05, 0) is 42.9 Å². The number of benzene rings is 1. The Labute approximate surface area is 172 Å². The third-order valence-electron chi connectivity index (χ3n) is 6.00. The first kappa shape index (κ1) is 19.9. The predicted molar refractivity (Wildman–Crippen MR) is 110 cm³/mol. The summed E-state index contributed by atoms with van der Waals surface area (Å²) in [7, 11) is 3.59. The first-order valence-corrected chi connectivity index (χ1v) is 10.1. The van der Waals surface area contributed by atoms with Gasteiger partial charge in [0.15, 0.2) is 0 Å². The SMILES string of the molecule is [CH2][C@@H]1C[C@H](ON2CN=CC=C2N[C@H]2c3ccccc3C[C@H]2C(=O)N(C)C)C[C@H]1O. The standard InChI is InChI=1S/C22H29N4O3/c1-14-10-16(12-19(14)27)29-26-13-23-9-8-20(26)24-21-17-7-5-4-6-15(17)11-18(21)22(28)25(2)3/h4-9,14,16,18-19,21,24,27H,1,10-13H2,2-3H3/t14-,16+,18-,19-,21+/m1/s1. The summed E-state index contributed by atoms with van der Waals surface area (Å²) >= 11 is 0. The molecule has 5 atom stereocenters. The summed E-state index contributed by atoms with van der Waals surface area (Å²) in [6.07, 6.45) is 5.08. The Balaban J connectivity index is 1.53. The molecule has 0 aromatic heterocycles. The number of amides is 1. The van der Waals surface area contributed by atoms with Gasteiger partial charge in [0.1, 0.15) is 12.5 Å². The highest BCUT2D eigenvalue weighted by atomic mass is 16.7. The van der Waals surface area contributed by atoms with Crippen LogP contribution in [0.25, 0.3) is 0 Å². The zero-order valence-corrected chi connectivity index (χ0v) is 17.0. The number of aliphatic hydroxyl groups excluding tert-OH is 1. The molecule has 0 spiro atoms. The molecule has 1 aromatic carbocycles. The highest BCUT2D eigenvalue weighted by Crippen LogP contribution is 2.38. The number of carbonyl (C=O) groups is 1. The number of carbonyl (C=O) groups excluding carboxylic acids is 1. The summed E-state index contributed by atoms with van der Waals surface area (Å²) < 4.78 is 0. The van der Waals surface area contributed by atoms with E-state index in [1.54, 1.807) is 30.3 Å². The molecule has 1 saturated carbocycles. The first-order valence-electron chi connectivity index (χ1n) is 10.1. The lowest BCUT2D eigenvalue weighted by molar-refractivity contribution is -0.177. The van der Waals surface area contributed by atoms with Crippen molar-refractivity contribution in [3.8, 4) is 0 Å². The van der Waals surface area contributed by atoms with Gasteiger partial charge in [-0.25, -0.2) is 5.06 Å². The molecule has 4 rings (SSSR count). The van der Waals surface area contributed by atoms with Gasteiger partial charge in [-0.2, -0.15) is 0 Å². The minimum absolute atomic E-state index is 0.0162. The van der Waals surface area contributed by atoms with Gasteiger partial charge in [0.05, 0.1) is 24.2 Å². The van der Waals surface area contributed by atoms with Crippen molar-refractivity contribution in [2.75, 3.05) is 20.8 Å². The summed E-state index contributed by atoms with van der Waals surface area (Å²) in [6.45, 7) is 4.35. The quantitative estimate of drug-likeness (QED) is 0.790. The number of nitrogens with zero attached hydrogens (tertiary/aromatic N) is 3. The highest BCUT2D eigenvalue weighted by molar-refractivity contribution is 5.81. The highest BCUT2D eigenvalue weighted by Gasteiger charge is 2.39. The van der Waals surface area contributed by atoms with E-state index < -0.39 is 6.10 Å². The van der Waals surface area contributed by atoms with Crippen LogP contribution in [-0.2, 0) is 16.1 Å². The van der Waals surface area contributed by atoms with Gasteiger partial charge in [0, 0.05) is 26.7 Å². The van der Waals surface area contributed by atoms with Gasteiger partial charge in [-0.3, -0.25) is 14.6 Å². The molecule has 2 N–H and O–H groups in total. The van der Waals surface area contributed by atoms with E-state index in [9.17, 15) is 9.90 Å². The molecule has 7 nitrogen and oxygen atoms in total. The number of hydroxylamine groups is 2. The van der Waals surface area contributed by atoms with Crippen molar-refractivity contribution in [1.82, 2.24) is 15.3 Å². The van der Waals surface area contributed by atoms with E-state index in [1.807, 2.05) is 18.2 Å². The fourth-order valence-electron chi connectivity index (χ4n) is 4.43. The van der Waals surface area contributed by atoms with Crippen molar-refractivity contribution in [2.45, 2.75) is 37.5 Å². The molecule has 1 radical (unpaired) electrons. The number of fused-ring (bicyclic) bond motifs is 1. The number of nitrogens with one attached hydrogen (secondary N) is 1. The lowest BCUT2D eigenvalue weighted by atomic mass is 9.99. The van der Waals surface area contributed by atoms with Crippen LogP contribution in [0, 0.1) is 18.8 Å². The maximum atomic E-state index is 12.9. The molecule has 1 heterocycles. The van der Waals surface area contributed by atoms with Crippen molar-refractivity contribution in [3.05, 3.63) is 54.2 Å². The third-order valence-corrected chi connectivity index (χ3v) is 6.00. The Bertz CT molecular complexity index is 812. The molecule has 0 unspecified atom stereocenters. The van der Waals surface area contributed by atoms with Crippen LogP contribution in [0.1, 0.15) is 30.0 Å². The van der Waals surface area contributed by atoms with Crippen LogP contribution in [0.5, 0.6) is 0 Å². The third kappa shape index (κ3) is 4.02. The van der Waals surface area contributed by atoms with Crippen molar-refractivity contribution in [3.63, 3.8) is 0 Å². The van der Waals surface area contributed by atoms with E-state index >= 15 is 0 Å². The monoisotopic (exact) mass is 397 g/mol. The number of aliphatic hydroxyl groups is 1. The lowest BCUT2D eigenvalue weighted by Gasteiger charge is -2.33. The van der Waals surface area contributed by atoms with Gasteiger partial charge in [0.2, 0.25) is 5.91 Å². The molecule has 7 heteroatoms. The number of hydrogen-bond donors (Lipinski definition) is 2. The van der Waals surface area contributed by atoms with E-state index in [4.69, 9.17) is 4.84 Å². The minimum atomic E-state index is -0.433. The molecule has 1 amide bonds. The Hall–Kier alpha value is -2.38. The fourth-order valence-corrected chi connectivity index (χ4v) is 4.43. The van der Waals surface area contributed by atoms with Crippen LogP contribution in [0.15, 0.2) is 41.2 Å². The Morgan fingerprint density at radius 3 is 2.86 bits per heavy atom. The van der Waals surface area contributed by atoms with E-state index in [1.165, 1.54) is 5.56 Å². The van der Waals surface area contributed by atoms with Gasteiger partial charge in [-0.15, -0.1) is 0 Å². The second-order valence-corrected chi connectivity index (χ2v) is 8.29. The maximum Gasteiger partial charge on any atom is 0.227 e. The van der Waals surface area contributed by atoms with Gasteiger partial charge in [0.25, 0.3) is 0 Å². The normalized spacial score (nSPS) is 30.8. The summed E-state index contributed by atoms with van der Waals surface area (Å²) in [6, 6.07) is 8.06. The van der Waals surface area contributed by atoms with Gasteiger partial charge < -0.3 is 15.3 Å². The zero-order chi connectivity index (χ0) is 20.5. The minimum Gasteiger partial charge on any atom is -0.393 e. The van der Waals surface area contributed by atoms with E-state index in [0.717, 1.165) is 11.4 Å². The van der Waals surface area contributed by atoms with Crippen LogP contribution < -0.4 is 5.32 Å². The summed E-state index contributed by atoms with van der Waals surface area (Å²) in [4.78, 5) is 25.0. The number of rotatable bonds is 5. The van der Waals surface area contributed by atoms with Gasteiger partial charge in [-0.1, -0.05) is 24.3 Å². The van der Waals surface area contributed by atoms with Crippen LogP contribution in [0.4, 0.5) is 0 Å². The average Bonchev–Trinajstić information content (AvgIpc) is 3.22. The second kappa shape index (κ2) is 8.16. The number of hydrogen-bond acceptors (Lipinski definition) is 6. The summed E-state index contributed by atoms with van der Waals surface area (Å²) in [5, 5.41) is 15.3. The topological polar surface area (TPSA) is 77.4 Å². The maximum absolute atomic E-state index is 12.9. The van der Waals surface area contributed by atoms with Crippen LogP contribution in [0.3, 0.4) is 0 Å². The summed E-state index contributed by atoms with van der Waals surface area (Å²) in [5.74, 6) is 0.689. The number of allylic oxidation sites excluding steroid dienone is 1. The largest absolute Gasteiger partial charge is 0.393 e. The first-order chi connectivity index (χ1) is 13.9. The molecule has 155 valence electrons. The number of aliphatic imine (C=N–C) groups is 1. The van der Waals surface area contributed by atoms with E-state index in [0.29, 0.717) is 25.9 Å². The molecule has 1 fully saturated rings. The van der Waals surface area contributed by atoms with Crippen LogP contribution >= 0.6 is 0 Å². The summed E-state index contributed by atoms with van der Waals surface area (Å²) in [5.41, 5.74) is 2.34. The molecule has 1 aromatic rings. The molecule has 3 aliphatic rings. The van der Waals surface area contributed by atoms with E-state index in [2.05, 4.69) is 29.4 Å². The second-order valence-electron chi connectivity index (χ2n) is 8.29. The fraction of sp³-hybridized carbons (Fsp3) is 0.500. The van der Waals surface area contributed by atoms with Crippen molar-refractivity contribution < 1.29 is 14.7 Å². The molecule has 29 heavy (non-hydrogen) atoms. The average molecular weight is 397 g/mol. The van der Waals surface area contributed by atoms with Crippen molar-refractivity contribution in [2.24, 2.45) is 16.8 Å². The zero-order valence-electron chi connectivity index (χ0n) is 17.0. The molecular weight excluding hydrogens is 368 g/mol. The Kier molecular flexibility index (Phi) is 5.61. The van der Waals surface area contributed by atoms with E-state index in [-0.39, 0.29) is 29.9 Å². The molecule has 0 bridgehead atoms. The lowest BCUT2D eigenvalue weighted by Crippen LogP contribution is -2.42. The van der Waals surface area contributed by atoms with Gasteiger partial charge >= 0.3 is 0 Å². The Morgan fingerprint density at radius 2 is 2.14 bits per heavy atom. The molecule has 0 saturated heterocycles. The van der Waals surface area contributed by atoms with Crippen LogP contribution in [-0.4, -0.2) is 60.2 Å². The molecule has 2 aliphatic carbocycles. The smallest absolute Gasteiger partial charge is 0.227 e. The van der Waals surface area contributed by atoms with Crippen molar-refractivity contribution in [1.29, 1.82) is 0 Å². The molecule has 1 aliphatic heterocycles. The molecular formula is C22H29N4O3.